The molecule has 4 rings (SSSR count). The van der Waals surface area contributed by atoms with Gasteiger partial charge >= 0.3 is 30.9 Å². The molecule has 46 heavy (non-hydrogen) atoms. The zero-order valence-electron chi connectivity index (χ0n) is 23.0. The summed E-state index contributed by atoms with van der Waals surface area (Å²) in [5.41, 5.74) is -4.01. The lowest BCUT2D eigenvalue weighted by molar-refractivity contribution is -0.275. The van der Waals surface area contributed by atoms with Crippen LogP contribution in [0.4, 0.5) is 50.0 Å². The number of halogens is 10. The molecule has 0 fully saturated rings. The van der Waals surface area contributed by atoms with Crippen molar-refractivity contribution in [1.82, 2.24) is 5.01 Å². The van der Waals surface area contributed by atoms with E-state index in [-0.39, 0.29) is 29.1 Å². The van der Waals surface area contributed by atoms with Gasteiger partial charge in [-0.3, -0.25) is 4.79 Å². The van der Waals surface area contributed by atoms with Crippen LogP contribution in [0.25, 0.3) is 0 Å². The van der Waals surface area contributed by atoms with E-state index in [4.69, 9.17) is 16.3 Å². The SMILES string of the molecule is CCOC(=O)C1(c2ccc(OC(F)(F)F)cc2)CN(C(=O)Nc2ccc(OC(F)(F)F)cc2)N=C1c1ccc(C(F)(F)F)c(Cl)c1. The fourth-order valence-electron chi connectivity index (χ4n) is 4.49. The van der Waals surface area contributed by atoms with Gasteiger partial charge in [0.25, 0.3) is 0 Å². The summed E-state index contributed by atoms with van der Waals surface area (Å²) in [7, 11) is 0. The molecule has 8 nitrogen and oxygen atoms in total. The maximum absolute atomic E-state index is 13.7. The van der Waals surface area contributed by atoms with Crippen molar-refractivity contribution in [2.45, 2.75) is 31.2 Å². The molecule has 0 aromatic heterocycles. The number of hydrogen-bond acceptors (Lipinski definition) is 6. The van der Waals surface area contributed by atoms with Gasteiger partial charge in [-0.25, -0.2) is 9.80 Å². The van der Waals surface area contributed by atoms with Crippen LogP contribution in [0.15, 0.2) is 71.8 Å². The van der Waals surface area contributed by atoms with Crippen LogP contribution in [0, 0.1) is 0 Å². The number of alkyl halides is 9. The molecule has 1 heterocycles. The van der Waals surface area contributed by atoms with Crippen LogP contribution >= 0.6 is 11.6 Å². The monoisotopic (exact) mass is 683 g/mol. The summed E-state index contributed by atoms with van der Waals surface area (Å²) >= 11 is 5.93. The minimum atomic E-state index is -5.05. The number of hydrazone groups is 1. The number of amides is 2. The maximum atomic E-state index is 13.7. The summed E-state index contributed by atoms with van der Waals surface area (Å²) in [6.45, 7) is 0.527. The Morgan fingerprint density at radius 2 is 1.41 bits per heavy atom. The van der Waals surface area contributed by atoms with Crippen molar-refractivity contribution in [1.29, 1.82) is 0 Å². The van der Waals surface area contributed by atoms with Crippen molar-refractivity contribution >= 4 is 35.0 Å². The number of ether oxygens (including phenoxy) is 3. The molecule has 1 aliphatic heterocycles. The minimum absolute atomic E-state index is 0.0452. The summed E-state index contributed by atoms with van der Waals surface area (Å²) in [4.78, 5) is 27.0. The Morgan fingerprint density at radius 3 is 1.89 bits per heavy atom. The second-order valence-electron chi connectivity index (χ2n) is 9.40. The number of rotatable bonds is 7. The molecule has 18 heteroatoms. The van der Waals surface area contributed by atoms with Crippen LogP contribution in [-0.2, 0) is 21.1 Å². The second kappa shape index (κ2) is 12.6. The molecule has 246 valence electrons. The van der Waals surface area contributed by atoms with E-state index in [0.29, 0.717) is 11.1 Å². The molecule has 1 atom stereocenters. The molecule has 2 amide bonds. The van der Waals surface area contributed by atoms with Crippen molar-refractivity contribution in [2.24, 2.45) is 5.10 Å². The fourth-order valence-corrected chi connectivity index (χ4v) is 4.77. The van der Waals surface area contributed by atoms with E-state index < -0.39 is 64.9 Å². The molecule has 3 aromatic rings. The van der Waals surface area contributed by atoms with Gasteiger partial charge in [-0.05, 0) is 61.0 Å². The molecular weight excluding hydrogens is 665 g/mol. The molecule has 1 aliphatic rings. The minimum Gasteiger partial charge on any atom is -0.465 e. The van der Waals surface area contributed by atoms with Crippen LogP contribution in [-0.4, -0.2) is 48.6 Å². The van der Waals surface area contributed by atoms with Gasteiger partial charge in [0.15, 0.2) is 5.41 Å². The lowest BCUT2D eigenvalue weighted by atomic mass is 9.74. The first kappa shape index (κ1) is 34.2. The third kappa shape index (κ3) is 7.75. The van der Waals surface area contributed by atoms with E-state index in [1.54, 1.807) is 0 Å². The van der Waals surface area contributed by atoms with Crippen molar-refractivity contribution < 1.29 is 63.3 Å². The first-order chi connectivity index (χ1) is 21.3. The topological polar surface area (TPSA) is 89.5 Å². The van der Waals surface area contributed by atoms with Gasteiger partial charge in [-0.15, -0.1) is 26.3 Å². The number of nitrogens with one attached hydrogen (secondary N) is 1. The average molecular weight is 684 g/mol. The number of esters is 1. The molecular formula is C28H19ClF9N3O5. The van der Waals surface area contributed by atoms with E-state index in [1.165, 1.54) is 6.92 Å². The Hall–Kier alpha value is -4.67. The molecule has 3 aromatic carbocycles. The fraction of sp³-hybridized carbons (Fsp3) is 0.250. The lowest BCUT2D eigenvalue weighted by Gasteiger charge is -2.29. The number of carbonyl (C=O) groups excluding carboxylic acids is 2. The Balaban J connectivity index is 1.79. The first-order valence-electron chi connectivity index (χ1n) is 12.8. The third-order valence-corrected chi connectivity index (χ3v) is 6.65. The molecule has 1 unspecified atom stereocenters. The van der Waals surface area contributed by atoms with Crippen molar-refractivity contribution in [3.05, 3.63) is 88.4 Å². The quantitative estimate of drug-likeness (QED) is 0.202. The summed E-state index contributed by atoms with van der Waals surface area (Å²) < 4.78 is 129. The van der Waals surface area contributed by atoms with Gasteiger partial charge in [0.2, 0.25) is 0 Å². The van der Waals surface area contributed by atoms with Gasteiger partial charge in [0, 0.05) is 11.3 Å². The van der Waals surface area contributed by atoms with E-state index in [2.05, 4.69) is 19.9 Å². The Labute approximate surface area is 258 Å². The molecule has 0 radical (unpaired) electrons. The predicted molar refractivity (Wildman–Crippen MR) is 143 cm³/mol. The van der Waals surface area contributed by atoms with Crippen molar-refractivity contribution in [3.63, 3.8) is 0 Å². The Morgan fingerprint density at radius 1 is 0.870 bits per heavy atom. The first-order valence-corrected chi connectivity index (χ1v) is 13.1. The normalized spacial score (nSPS) is 16.9. The zero-order valence-corrected chi connectivity index (χ0v) is 23.7. The molecule has 0 saturated carbocycles. The maximum Gasteiger partial charge on any atom is 0.573 e. The van der Waals surface area contributed by atoms with Gasteiger partial charge in [-0.2, -0.15) is 18.3 Å². The molecule has 1 N–H and O–H groups in total. The van der Waals surface area contributed by atoms with Crippen LogP contribution in [0.1, 0.15) is 23.6 Å². The van der Waals surface area contributed by atoms with Crippen molar-refractivity contribution in [3.8, 4) is 11.5 Å². The van der Waals surface area contributed by atoms with Gasteiger partial charge < -0.3 is 19.5 Å². The second-order valence-corrected chi connectivity index (χ2v) is 9.81. The smallest absolute Gasteiger partial charge is 0.465 e. The Kier molecular flexibility index (Phi) is 9.38. The van der Waals surface area contributed by atoms with Gasteiger partial charge in [-0.1, -0.05) is 29.8 Å². The predicted octanol–water partition coefficient (Wildman–Crippen LogP) is 7.91. The van der Waals surface area contributed by atoms with E-state index in [1.807, 2.05) is 0 Å². The molecule has 0 saturated heterocycles. The lowest BCUT2D eigenvalue weighted by Crippen LogP contribution is -2.48. The van der Waals surface area contributed by atoms with Crippen LogP contribution in [0.2, 0.25) is 5.02 Å². The molecule has 0 bridgehead atoms. The summed E-state index contributed by atoms with van der Waals surface area (Å²) in [6, 6.07) is 9.12. The Bertz CT molecular complexity index is 1630. The summed E-state index contributed by atoms with van der Waals surface area (Å²) in [5, 5.41) is 6.44. The van der Waals surface area contributed by atoms with Gasteiger partial charge in [0.05, 0.1) is 29.4 Å². The van der Waals surface area contributed by atoms with Crippen molar-refractivity contribution in [2.75, 3.05) is 18.5 Å². The molecule has 0 aliphatic carbocycles. The zero-order chi connectivity index (χ0) is 34.1. The number of anilines is 1. The number of nitrogens with zero attached hydrogens (tertiary/aromatic N) is 2. The highest BCUT2D eigenvalue weighted by atomic mass is 35.5. The van der Waals surface area contributed by atoms with Crippen LogP contribution in [0.5, 0.6) is 11.5 Å². The van der Waals surface area contributed by atoms with Crippen LogP contribution < -0.4 is 14.8 Å². The van der Waals surface area contributed by atoms with Crippen LogP contribution in [0.3, 0.4) is 0 Å². The van der Waals surface area contributed by atoms with E-state index >= 15 is 0 Å². The van der Waals surface area contributed by atoms with E-state index in [0.717, 1.165) is 60.7 Å². The third-order valence-electron chi connectivity index (χ3n) is 6.34. The van der Waals surface area contributed by atoms with E-state index in [9.17, 15) is 49.1 Å². The molecule has 0 spiro atoms. The highest BCUT2D eigenvalue weighted by Gasteiger charge is 2.54. The summed E-state index contributed by atoms with van der Waals surface area (Å²) in [6.07, 6.45) is -14.9. The van der Waals surface area contributed by atoms with Gasteiger partial charge in [0.1, 0.15) is 11.5 Å². The standard InChI is InChI=1S/C28H19ClF9N3O5/c1-2-44-23(42)25(16-4-8-18(9-5-16)45-27(33,34)35)14-41(24(43)39-17-6-10-19(11-7-17)46-28(36,37)38)40-22(25)15-3-12-20(21(29)13-15)26(30,31)32/h3-13H,2,14H2,1H3,(H,39,43). The number of benzene rings is 3. The number of urea groups is 1. The largest absolute Gasteiger partial charge is 0.573 e. The summed E-state index contributed by atoms with van der Waals surface area (Å²) in [5.74, 6) is -2.33. The highest BCUT2D eigenvalue weighted by Crippen LogP contribution is 2.41. The average Bonchev–Trinajstić information content (AvgIpc) is 3.34. The number of hydrogen-bond donors (Lipinski definition) is 1. The number of carbonyl (C=O) groups is 2. The highest BCUT2D eigenvalue weighted by molar-refractivity contribution is 6.32.